The molecule has 1 amide bonds. The zero-order valence-electron chi connectivity index (χ0n) is 17.8. The number of morpholine rings is 1. The maximum atomic E-state index is 13.0. The van der Waals surface area contributed by atoms with E-state index in [-0.39, 0.29) is 11.7 Å². The van der Waals surface area contributed by atoms with Gasteiger partial charge in [-0.1, -0.05) is 23.5 Å². The second-order valence-electron chi connectivity index (χ2n) is 8.27. The van der Waals surface area contributed by atoms with Gasteiger partial charge in [-0.25, -0.2) is 4.39 Å². The van der Waals surface area contributed by atoms with Crippen LogP contribution in [0.4, 0.5) is 4.39 Å². The highest BCUT2D eigenvalue weighted by Gasteiger charge is 2.22. The molecule has 1 aromatic heterocycles. The number of carbonyl (C=O) groups excluding carboxylic acids is 1. The molecule has 0 spiro atoms. The summed E-state index contributed by atoms with van der Waals surface area (Å²) >= 11 is 1.35. The van der Waals surface area contributed by atoms with E-state index in [0.29, 0.717) is 11.6 Å². The molecule has 0 unspecified atom stereocenters. The number of likely N-dealkylation sites (tertiary alicyclic amines) is 1. The molecule has 1 N–H and O–H groups in total. The van der Waals surface area contributed by atoms with E-state index in [1.165, 1.54) is 49.3 Å². The van der Waals surface area contributed by atoms with Gasteiger partial charge in [0.1, 0.15) is 10.8 Å². The summed E-state index contributed by atoms with van der Waals surface area (Å²) in [7, 11) is 0. The number of amides is 1. The van der Waals surface area contributed by atoms with Gasteiger partial charge < -0.3 is 10.1 Å². The molecule has 4 rings (SSSR count). The number of nitrogens with zero attached hydrogens (tertiary/aromatic N) is 4. The van der Waals surface area contributed by atoms with Crippen molar-refractivity contribution in [3.8, 4) is 0 Å². The van der Waals surface area contributed by atoms with Crippen molar-refractivity contribution < 1.29 is 13.9 Å². The summed E-state index contributed by atoms with van der Waals surface area (Å²) in [5, 5.41) is 12.3. The predicted octanol–water partition coefficient (Wildman–Crippen LogP) is 2.54. The average molecular weight is 448 g/mol. The van der Waals surface area contributed by atoms with Crippen LogP contribution < -0.4 is 5.32 Å². The highest BCUT2D eigenvalue weighted by Crippen LogP contribution is 2.23. The Labute approximate surface area is 186 Å². The molecule has 0 aliphatic carbocycles. The van der Waals surface area contributed by atoms with E-state index in [0.717, 1.165) is 62.4 Å². The summed E-state index contributed by atoms with van der Waals surface area (Å²) in [5.74, 6) is 0.265. The van der Waals surface area contributed by atoms with Crippen LogP contribution >= 0.6 is 11.3 Å². The first kappa shape index (κ1) is 22.3. The minimum Gasteiger partial charge on any atom is -0.379 e. The van der Waals surface area contributed by atoms with Crippen LogP contribution in [0.2, 0.25) is 0 Å². The summed E-state index contributed by atoms with van der Waals surface area (Å²) < 4.78 is 18.4. The van der Waals surface area contributed by atoms with Gasteiger partial charge in [0.05, 0.1) is 19.8 Å². The molecule has 2 saturated heterocycles. The van der Waals surface area contributed by atoms with E-state index in [9.17, 15) is 9.18 Å². The van der Waals surface area contributed by atoms with Crippen LogP contribution in [0.1, 0.15) is 39.6 Å². The number of hydrogen-bond acceptors (Lipinski definition) is 7. The molecule has 0 bridgehead atoms. The summed E-state index contributed by atoms with van der Waals surface area (Å²) in [5.41, 5.74) is 0.843. The third kappa shape index (κ3) is 6.77. The maximum Gasteiger partial charge on any atom is 0.282 e. The fourth-order valence-corrected chi connectivity index (χ4v) is 4.88. The van der Waals surface area contributed by atoms with Gasteiger partial charge in [0.25, 0.3) is 5.91 Å². The van der Waals surface area contributed by atoms with Crippen molar-refractivity contribution in [3.05, 3.63) is 45.7 Å². The predicted molar refractivity (Wildman–Crippen MR) is 117 cm³/mol. The number of ether oxygens (including phenoxy) is 1. The quantitative estimate of drug-likeness (QED) is 0.671. The highest BCUT2D eigenvalue weighted by atomic mass is 32.1. The van der Waals surface area contributed by atoms with Crippen molar-refractivity contribution in [2.45, 2.75) is 32.4 Å². The molecule has 0 radical (unpaired) electrons. The Morgan fingerprint density at radius 3 is 2.58 bits per heavy atom. The Kier molecular flexibility index (Phi) is 7.96. The number of aromatic nitrogens is 2. The molecule has 9 heteroatoms. The van der Waals surface area contributed by atoms with E-state index in [4.69, 9.17) is 4.74 Å². The largest absolute Gasteiger partial charge is 0.379 e. The van der Waals surface area contributed by atoms with Gasteiger partial charge in [0.2, 0.25) is 5.01 Å². The lowest BCUT2D eigenvalue weighted by Crippen LogP contribution is -2.39. The smallest absolute Gasteiger partial charge is 0.282 e. The van der Waals surface area contributed by atoms with Crippen molar-refractivity contribution in [2.75, 3.05) is 45.9 Å². The number of hydrogen-bond donors (Lipinski definition) is 1. The average Bonchev–Trinajstić information content (AvgIpc) is 3.27. The monoisotopic (exact) mass is 447 g/mol. The second-order valence-corrected chi connectivity index (χ2v) is 9.33. The summed E-state index contributed by atoms with van der Waals surface area (Å²) in [6.07, 6.45) is 3.70. The minimum absolute atomic E-state index is 0.241. The van der Waals surface area contributed by atoms with Crippen LogP contribution in [-0.2, 0) is 17.8 Å². The Hall–Kier alpha value is -1.94. The molecule has 168 valence electrons. The molecule has 1 aromatic carbocycles. The van der Waals surface area contributed by atoms with Gasteiger partial charge in [-0.2, -0.15) is 0 Å². The Morgan fingerprint density at radius 1 is 1.10 bits per heavy atom. The van der Waals surface area contributed by atoms with Gasteiger partial charge in [0, 0.05) is 19.6 Å². The first-order valence-electron chi connectivity index (χ1n) is 11.0. The van der Waals surface area contributed by atoms with Crippen molar-refractivity contribution in [3.63, 3.8) is 0 Å². The van der Waals surface area contributed by atoms with Crippen LogP contribution in [0, 0.1) is 11.7 Å². The Balaban J connectivity index is 1.17. The fraction of sp³-hybridized carbons (Fsp3) is 0.591. The number of piperidine rings is 1. The molecule has 7 nitrogen and oxygen atoms in total. The lowest BCUT2D eigenvalue weighted by atomic mass is 9.93. The number of rotatable bonds is 8. The standard InChI is InChI=1S/C22H30FN5O2S/c23-19-3-1-18(2-4-19)15-24-21(29)22-26-25-20(31-22)16-28-9-6-17(7-10-28)5-8-27-11-13-30-14-12-27/h1-4,17H,5-16H2,(H,24,29). The highest BCUT2D eigenvalue weighted by molar-refractivity contribution is 7.13. The van der Waals surface area contributed by atoms with Gasteiger partial charge in [-0.05, 0) is 62.5 Å². The number of carbonyl (C=O) groups is 1. The molecule has 0 saturated carbocycles. The molecular weight excluding hydrogens is 417 g/mol. The van der Waals surface area contributed by atoms with Crippen LogP contribution in [0.15, 0.2) is 24.3 Å². The third-order valence-electron chi connectivity index (χ3n) is 6.05. The van der Waals surface area contributed by atoms with Gasteiger partial charge in [-0.3, -0.25) is 14.6 Å². The molecule has 2 aromatic rings. The van der Waals surface area contributed by atoms with Gasteiger partial charge in [0.15, 0.2) is 0 Å². The fourth-order valence-electron chi connectivity index (χ4n) is 4.08. The Morgan fingerprint density at radius 2 is 1.84 bits per heavy atom. The molecule has 0 atom stereocenters. The van der Waals surface area contributed by atoms with Crippen LogP contribution in [0.3, 0.4) is 0 Å². The zero-order valence-corrected chi connectivity index (χ0v) is 18.6. The first-order chi connectivity index (χ1) is 15.2. The molecule has 31 heavy (non-hydrogen) atoms. The topological polar surface area (TPSA) is 70.6 Å². The van der Waals surface area contributed by atoms with Crippen LogP contribution in [0.5, 0.6) is 0 Å². The van der Waals surface area contributed by atoms with Gasteiger partial charge >= 0.3 is 0 Å². The summed E-state index contributed by atoms with van der Waals surface area (Å²) in [6.45, 7) is 8.27. The second kappa shape index (κ2) is 11.1. The molecular formula is C22H30FN5O2S. The lowest BCUT2D eigenvalue weighted by molar-refractivity contribution is 0.0334. The third-order valence-corrected chi connectivity index (χ3v) is 6.96. The SMILES string of the molecule is O=C(NCc1ccc(F)cc1)c1nnc(CN2CCC(CCN3CCOCC3)CC2)s1. The van der Waals surface area contributed by atoms with E-state index in [2.05, 4.69) is 25.3 Å². The van der Waals surface area contributed by atoms with Crippen molar-refractivity contribution in [1.29, 1.82) is 0 Å². The maximum absolute atomic E-state index is 13.0. The molecule has 2 aliphatic heterocycles. The van der Waals surface area contributed by atoms with Gasteiger partial charge in [-0.15, -0.1) is 10.2 Å². The van der Waals surface area contributed by atoms with E-state index < -0.39 is 0 Å². The number of halogens is 1. The number of benzene rings is 1. The van der Waals surface area contributed by atoms with E-state index in [1.807, 2.05) is 0 Å². The minimum atomic E-state index is -0.287. The normalized spacial score (nSPS) is 18.9. The van der Waals surface area contributed by atoms with E-state index >= 15 is 0 Å². The summed E-state index contributed by atoms with van der Waals surface area (Å²) in [6, 6.07) is 6.09. The van der Waals surface area contributed by atoms with Crippen molar-refractivity contribution >= 4 is 17.2 Å². The first-order valence-corrected chi connectivity index (χ1v) is 11.8. The molecule has 2 fully saturated rings. The zero-order chi connectivity index (χ0) is 21.5. The number of nitrogens with one attached hydrogen (secondary N) is 1. The molecule has 3 heterocycles. The van der Waals surface area contributed by atoms with Crippen molar-refractivity contribution in [1.82, 2.24) is 25.3 Å². The van der Waals surface area contributed by atoms with E-state index in [1.54, 1.807) is 12.1 Å². The van der Waals surface area contributed by atoms with Crippen LogP contribution in [-0.4, -0.2) is 71.8 Å². The van der Waals surface area contributed by atoms with Crippen LogP contribution in [0.25, 0.3) is 0 Å². The lowest BCUT2D eigenvalue weighted by Gasteiger charge is -2.33. The Bertz CT molecular complexity index is 833. The molecule has 2 aliphatic rings. The van der Waals surface area contributed by atoms with Crippen molar-refractivity contribution in [2.24, 2.45) is 5.92 Å². The summed E-state index contributed by atoms with van der Waals surface area (Å²) in [4.78, 5) is 17.3.